The van der Waals surface area contributed by atoms with Crippen molar-refractivity contribution in [1.82, 2.24) is 9.80 Å². The van der Waals surface area contributed by atoms with Crippen LogP contribution < -0.4 is 5.32 Å². The number of hydrogen-bond acceptors (Lipinski definition) is 4. The quantitative estimate of drug-likeness (QED) is 0.707. The molecule has 3 heterocycles. The number of nitrogens with one attached hydrogen (secondary N) is 1. The molecule has 2 aliphatic heterocycles. The molecular weight excluding hydrogens is 430 g/mol. The Morgan fingerprint density at radius 1 is 1.06 bits per heavy atom. The Morgan fingerprint density at radius 2 is 1.74 bits per heavy atom. The molecule has 5 nitrogen and oxygen atoms in total. The van der Waals surface area contributed by atoms with Crippen LogP contribution in [0, 0.1) is 39.5 Å². The normalized spacial score (nSPS) is 20.9. The molecule has 1 aromatic heterocycles. The molecule has 2 atom stereocenters. The SMILES string of the molecule is Cc1ccc(NC(=O)CCN2CC3CN(C(=O)c4c(C)sc(C)c4C)CC3C2)cc1Cl. The van der Waals surface area contributed by atoms with E-state index in [0.717, 1.165) is 60.0 Å². The van der Waals surface area contributed by atoms with Crippen LogP contribution in [-0.4, -0.2) is 54.3 Å². The van der Waals surface area contributed by atoms with Crippen LogP contribution in [0.5, 0.6) is 0 Å². The van der Waals surface area contributed by atoms with E-state index in [1.54, 1.807) is 17.4 Å². The molecule has 0 bridgehead atoms. The number of amides is 2. The zero-order valence-corrected chi connectivity index (χ0v) is 20.2. The first kappa shape index (κ1) is 22.3. The fourth-order valence-electron chi connectivity index (χ4n) is 4.86. The van der Waals surface area contributed by atoms with Crippen LogP contribution in [0.2, 0.25) is 5.02 Å². The van der Waals surface area contributed by atoms with Gasteiger partial charge in [0.2, 0.25) is 5.91 Å². The lowest BCUT2D eigenvalue weighted by Gasteiger charge is -2.22. The van der Waals surface area contributed by atoms with Crippen LogP contribution in [0.4, 0.5) is 5.69 Å². The summed E-state index contributed by atoms with van der Waals surface area (Å²) in [6.45, 7) is 12.4. The molecule has 0 radical (unpaired) electrons. The van der Waals surface area contributed by atoms with E-state index in [-0.39, 0.29) is 11.8 Å². The average molecular weight is 460 g/mol. The Hall–Kier alpha value is -1.89. The highest BCUT2D eigenvalue weighted by Crippen LogP contribution is 2.34. The summed E-state index contributed by atoms with van der Waals surface area (Å²) >= 11 is 7.85. The van der Waals surface area contributed by atoms with Gasteiger partial charge < -0.3 is 15.1 Å². The van der Waals surface area contributed by atoms with Gasteiger partial charge in [-0.15, -0.1) is 11.3 Å². The number of halogens is 1. The van der Waals surface area contributed by atoms with Crippen molar-refractivity contribution in [2.75, 3.05) is 38.0 Å². The lowest BCUT2D eigenvalue weighted by atomic mass is 10.0. The van der Waals surface area contributed by atoms with Crippen molar-refractivity contribution in [3.8, 4) is 0 Å². The van der Waals surface area contributed by atoms with Gasteiger partial charge >= 0.3 is 0 Å². The summed E-state index contributed by atoms with van der Waals surface area (Å²) in [6.07, 6.45) is 0.458. The van der Waals surface area contributed by atoms with Gasteiger partial charge in [0.15, 0.2) is 0 Å². The number of fused-ring (bicyclic) bond motifs is 1. The Morgan fingerprint density at radius 3 is 2.32 bits per heavy atom. The fourth-order valence-corrected chi connectivity index (χ4v) is 6.10. The lowest BCUT2D eigenvalue weighted by Crippen LogP contribution is -2.34. The second kappa shape index (κ2) is 8.93. The Bertz CT molecular complexity index is 1000. The van der Waals surface area contributed by atoms with Crippen molar-refractivity contribution in [1.29, 1.82) is 0 Å². The van der Waals surface area contributed by atoms with E-state index in [4.69, 9.17) is 11.6 Å². The van der Waals surface area contributed by atoms with E-state index in [2.05, 4.69) is 24.1 Å². The molecule has 2 aliphatic rings. The van der Waals surface area contributed by atoms with Gasteiger partial charge in [0.05, 0.1) is 5.56 Å². The summed E-state index contributed by atoms with van der Waals surface area (Å²) in [5, 5.41) is 3.59. The number of hydrogen-bond donors (Lipinski definition) is 1. The third kappa shape index (κ3) is 4.66. The Labute approximate surface area is 193 Å². The molecule has 2 fully saturated rings. The summed E-state index contributed by atoms with van der Waals surface area (Å²) in [5.74, 6) is 1.20. The predicted octanol–water partition coefficient (Wildman–Crippen LogP) is 4.67. The summed E-state index contributed by atoms with van der Waals surface area (Å²) in [6, 6.07) is 5.58. The topological polar surface area (TPSA) is 52.7 Å². The third-order valence-electron chi connectivity index (χ3n) is 6.73. The second-order valence-corrected chi connectivity index (χ2v) is 10.8. The second-order valence-electron chi connectivity index (χ2n) is 8.97. The van der Waals surface area contributed by atoms with Gasteiger partial charge in [-0.3, -0.25) is 9.59 Å². The number of likely N-dealkylation sites (tertiary alicyclic amines) is 2. The van der Waals surface area contributed by atoms with Crippen molar-refractivity contribution < 1.29 is 9.59 Å². The zero-order chi connectivity index (χ0) is 22.3. The molecule has 0 saturated carbocycles. The summed E-state index contributed by atoms with van der Waals surface area (Å²) < 4.78 is 0. The number of nitrogens with zero attached hydrogens (tertiary/aromatic N) is 2. The molecule has 2 aromatic rings. The van der Waals surface area contributed by atoms with Gasteiger partial charge in [0.1, 0.15) is 0 Å². The van der Waals surface area contributed by atoms with E-state index in [1.165, 1.54) is 4.88 Å². The monoisotopic (exact) mass is 459 g/mol. The van der Waals surface area contributed by atoms with Crippen LogP contribution in [0.15, 0.2) is 18.2 Å². The number of thiophene rings is 1. The maximum Gasteiger partial charge on any atom is 0.255 e. The smallest absolute Gasteiger partial charge is 0.255 e. The van der Waals surface area contributed by atoms with E-state index in [9.17, 15) is 9.59 Å². The number of benzene rings is 1. The third-order valence-corrected chi connectivity index (χ3v) is 8.26. The molecule has 166 valence electrons. The molecule has 4 rings (SSSR count). The van der Waals surface area contributed by atoms with Gasteiger partial charge in [-0.2, -0.15) is 0 Å². The lowest BCUT2D eigenvalue weighted by molar-refractivity contribution is -0.116. The molecule has 2 saturated heterocycles. The Kier molecular flexibility index (Phi) is 6.42. The van der Waals surface area contributed by atoms with Crippen LogP contribution >= 0.6 is 22.9 Å². The van der Waals surface area contributed by atoms with Gasteiger partial charge in [0, 0.05) is 59.6 Å². The molecule has 2 amide bonds. The number of carbonyl (C=O) groups excluding carboxylic acids is 2. The van der Waals surface area contributed by atoms with Crippen LogP contribution in [-0.2, 0) is 4.79 Å². The highest BCUT2D eigenvalue weighted by atomic mass is 35.5. The minimum Gasteiger partial charge on any atom is -0.338 e. The highest BCUT2D eigenvalue weighted by molar-refractivity contribution is 7.12. The first-order chi connectivity index (χ1) is 14.7. The minimum atomic E-state index is 0.00700. The van der Waals surface area contributed by atoms with Crippen LogP contribution in [0.1, 0.15) is 37.7 Å². The molecule has 0 spiro atoms. The molecule has 1 aromatic carbocycles. The summed E-state index contributed by atoms with van der Waals surface area (Å²) in [4.78, 5) is 32.2. The maximum atomic E-state index is 13.1. The van der Waals surface area contributed by atoms with Crippen molar-refractivity contribution in [2.24, 2.45) is 11.8 Å². The van der Waals surface area contributed by atoms with Crippen molar-refractivity contribution >= 4 is 40.4 Å². The van der Waals surface area contributed by atoms with Gasteiger partial charge in [-0.1, -0.05) is 17.7 Å². The van der Waals surface area contributed by atoms with Crippen LogP contribution in [0.25, 0.3) is 0 Å². The van der Waals surface area contributed by atoms with Crippen LogP contribution in [0.3, 0.4) is 0 Å². The Balaban J connectivity index is 1.26. The van der Waals surface area contributed by atoms with Gasteiger partial charge in [-0.05, 0) is 62.8 Å². The maximum absolute atomic E-state index is 13.1. The zero-order valence-electron chi connectivity index (χ0n) is 18.6. The largest absolute Gasteiger partial charge is 0.338 e. The highest BCUT2D eigenvalue weighted by Gasteiger charge is 2.42. The first-order valence-corrected chi connectivity index (χ1v) is 12.1. The number of anilines is 1. The van der Waals surface area contributed by atoms with Crippen molar-refractivity contribution in [2.45, 2.75) is 34.1 Å². The fraction of sp³-hybridized carbons (Fsp3) is 0.500. The first-order valence-electron chi connectivity index (χ1n) is 10.9. The van der Waals surface area contributed by atoms with E-state index >= 15 is 0 Å². The molecule has 7 heteroatoms. The average Bonchev–Trinajstić information content (AvgIpc) is 3.34. The van der Waals surface area contributed by atoms with Crippen molar-refractivity contribution in [3.63, 3.8) is 0 Å². The summed E-state index contributed by atoms with van der Waals surface area (Å²) in [7, 11) is 0. The van der Waals surface area contributed by atoms with Gasteiger partial charge in [-0.25, -0.2) is 0 Å². The summed E-state index contributed by atoms with van der Waals surface area (Å²) in [5.41, 5.74) is 3.77. The molecular formula is C24H30ClN3O2S. The molecule has 1 N–H and O–H groups in total. The molecule has 0 aliphatic carbocycles. The molecule has 31 heavy (non-hydrogen) atoms. The predicted molar refractivity (Wildman–Crippen MR) is 127 cm³/mol. The number of aryl methyl sites for hydroxylation is 3. The van der Waals surface area contributed by atoms with Gasteiger partial charge in [0.25, 0.3) is 5.91 Å². The van der Waals surface area contributed by atoms with Crippen molar-refractivity contribution in [3.05, 3.63) is 49.7 Å². The van der Waals surface area contributed by atoms with E-state index in [1.807, 2.05) is 30.9 Å². The number of rotatable bonds is 5. The molecule has 2 unspecified atom stereocenters. The standard InChI is InChI=1S/C24H30ClN3O2S/c1-14-5-6-20(9-21(14)25)26-22(29)7-8-27-10-18-12-28(13-19(18)11-27)24(30)23-15(2)16(3)31-17(23)4/h5-6,9,18-19H,7-8,10-13H2,1-4H3,(H,26,29). The number of carbonyl (C=O) groups is 2. The van der Waals surface area contributed by atoms with E-state index < -0.39 is 0 Å². The van der Waals surface area contributed by atoms with E-state index in [0.29, 0.717) is 23.3 Å². The minimum absolute atomic E-state index is 0.00700.